The van der Waals surface area contributed by atoms with Crippen molar-refractivity contribution in [2.45, 2.75) is 45.6 Å². The quantitative estimate of drug-likeness (QED) is 0.699. The van der Waals surface area contributed by atoms with Gasteiger partial charge in [-0.25, -0.2) is 0 Å². The highest BCUT2D eigenvalue weighted by molar-refractivity contribution is 4.71. The first-order chi connectivity index (χ1) is 7.77. The van der Waals surface area contributed by atoms with Crippen molar-refractivity contribution in [1.82, 2.24) is 5.32 Å². The van der Waals surface area contributed by atoms with E-state index in [4.69, 9.17) is 4.74 Å². The molecule has 1 aliphatic heterocycles. The molecule has 3 heteroatoms. The molecule has 0 bridgehead atoms. The standard InChI is InChI=1S/C13H27NO2/c1-3-12(4-2)13(15)10-14-9-11-5-7-16-8-6-11/h11-15H,3-10H2,1-2H3. The highest BCUT2D eigenvalue weighted by Crippen LogP contribution is 2.14. The summed E-state index contributed by atoms with van der Waals surface area (Å²) < 4.78 is 5.32. The molecule has 1 fully saturated rings. The summed E-state index contributed by atoms with van der Waals surface area (Å²) in [6.07, 6.45) is 4.27. The third-order valence-electron chi connectivity index (χ3n) is 3.72. The minimum absolute atomic E-state index is 0.185. The van der Waals surface area contributed by atoms with E-state index in [1.54, 1.807) is 0 Å². The molecule has 96 valence electrons. The molecule has 0 aromatic carbocycles. The van der Waals surface area contributed by atoms with Crippen LogP contribution in [0.4, 0.5) is 0 Å². The van der Waals surface area contributed by atoms with Gasteiger partial charge in [0.2, 0.25) is 0 Å². The average molecular weight is 229 g/mol. The maximum Gasteiger partial charge on any atom is 0.0692 e. The van der Waals surface area contributed by atoms with E-state index in [9.17, 15) is 5.11 Å². The van der Waals surface area contributed by atoms with Crippen LogP contribution in [0, 0.1) is 11.8 Å². The summed E-state index contributed by atoms with van der Waals surface area (Å²) in [6, 6.07) is 0. The lowest BCUT2D eigenvalue weighted by Gasteiger charge is -2.24. The van der Waals surface area contributed by atoms with Gasteiger partial charge in [-0.1, -0.05) is 26.7 Å². The molecule has 1 unspecified atom stereocenters. The summed E-state index contributed by atoms with van der Waals surface area (Å²) >= 11 is 0. The molecule has 1 rings (SSSR count). The van der Waals surface area contributed by atoms with Gasteiger partial charge in [0.15, 0.2) is 0 Å². The highest BCUT2D eigenvalue weighted by Gasteiger charge is 2.17. The van der Waals surface area contributed by atoms with Crippen LogP contribution < -0.4 is 5.32 Å². The normalized spacial score (nSPS) is 20.2. The predicted molar refractivity (Wildman–Crippen MR) is 66.5 cm³/mol. The van der Waals surface area contributed by atoms with Gasteiger partial charge in [-0.15, -0.1) is 0 Å². The van der Waals surface area contributed by atoms with E-state index < -0.39 is 0 Å². The second-order valence-electron chi connectivity index (χ2n) is 4.86. The molecular formula is C13H27NO2. The Kier molecular flexibility index (Phi) is 7.01. The molecule has 0 radical (unpaired) electrons. The highest BCUT2D eigenvalue weighted by atomic mass is 16.5. The molecule has 0 aromatic heterocycles. The predicted octanol–water partition coefficient (Wildman–Crippen LogP) is 1.80. The van der Waals surface area contributed by atoms with Crippen molar-refractivity contribution in [2.24, 2.45) is 11.8 Å². The van der Waals surface area contributed by atoms with Crippen molar-refractivity contribution in [3.8, 4) is 0 Å². The van der Waals surface area contributed by atoms with E-state index >= 15 is 0 Å². The van der Waals surface area contributed by atoms with Crippen molar-refractivity contribution in [3.63, 3.8) is 0 Å². The molecular weight excluding hydrogens is 202 g/mol. The molecule has 1 heterocycles. The number of aliphatic hydroxyl groups is 1. The molecule has 0 spiro atoms. The van der Waals surface area contributed by atoms with Crippen molar-refractivity contribution in [2.75, 3.05) is 26.3 Å². The number of aliphatic hydroxyl groups excluding tert-OH is 1. The van der Waals surface area contributed by atoms with E-state index in [-0.39, 0.29) is 6.10 Å². The fourth-order valence-electron chi connectivity index (χ4n) is 2.39. The van der Waals surface area contributed by atoms with Crippen LogP contribution in [0.5, 0.6) is 0 Å². The van der Waals surface area contributed by atoms with Crippen LogP contribution in [0.25, 0.3) is 0 Å². The SMILES string of the molecule is CCC(CC)C(O)CNCC1CCOCC1. The summed E-state index contributed by atoms with van der Waals surface area (Å²) in [5.41, 5.74) is 0. The number of hydrogen-bond donors (Lipinski definition) is 2. The molecule has 0 aliphatic carbocycles. The number of ether oxygens (including phenoxy) is 1. The lowest BCUT2D eigenvalue weighted by Crippen LogP contribution is -2.36. The molecule has 0 saturated carbocycles. The maximum atomic E-state index is 9.95. The van der Waals surface area contributed by atoms with Gasteiger partial charge < -0.3 is 15.2 Å². The van der Waals surface area contributed by atoms with Crippen LogP contribution in [0.2, 0.25) is 0 Å². The molecule has 1 saturated heterocycles. The van der Waals surface area contributed by atoms with E-state index in [0.29, 0.717) is 5.92 Å². The Morgan fingerprint density at radius 3 is 2.44 bits per heavy atom. The first-order valence-electron chi connectivity index (χ1n) is 6.74. The number of rotatable bonds is 7. The zero-order chi connectivity index (χ0) is 11.8. The third kappa shape index (κ3) is 4.81. The third-order valence-corrected chi connectivity index (χ3v) is 3.72. The number of hydrogen-bond acceptors (Lipinski definition) is 3. The van der Waals surface area contributed by atoms with Crippen LogP contribution in [0.1, 0.15) is 39.5 Å². The van der Waals surface area contributed by atoms with Crippen molar-refractivity contribution >= 4 is 0 Å². The fraction of sp³-hybridized carbons (Fsp3) is 1.00. The first kappa shape index (κ1) is 13.9. The van der Waals surface area contributed by atoms with Crippen LogP contribution in [-0.2, 0) is 4.74 Å². The lowest BCUT2D eigenvalue weighted by atomic mass is 9.96. The zero-order valence-corrected chi connectivity index (χ0v) is 10.7. The van der Waals surface area contributed by atoms with E-state index in [2.05, 4.69) is 19.2 Å². The van der Waals surface area contributed by atoms with Gasteiger partial charge in [-0.2, -0.15) is 0 Å². The lowest BCUT2D eigenvalue weighted by molar-refractivity contribution is 0.0621. The van der Waals surface area contributed by atoms with E-state index in [1.165, 1.54) is 0 Å². The van der Waals surface area contributed by atoms with Crippen LogP contribution in [0.3, 0.4) is 0 Å². The Bertz CT molecular complexity index is 165. The zero-order valence-electron chi connectivity index (χ0n) is 10.7. The van der Waals surface area contributed by atoms with Crippen LogP contribution >= 0.6 is 0 Å². The van der Waals surface area contributed by atoms with Crippen LogP contribution in [0.15, 0.2) is 0 Å². The van der Waals surface area contributed by atoms with E-state index in [1.807, 2.05) is 0 Å². The summed E-state index contributed by atoms with van der Waals surface area (Å²) in [5, 5.41) is 13.3. The Morgan fingerprint density at radius 1 is 1.25 bits per heavy atom. The largest absolute Gasteiger partial charge is 0.392 e. The van der Waals surface area contributed by atoms with Gasteiger partial charge in [0, 0.05) is 19.8 Å². The Morgan fingerprint density at radius 2 is 1.88 bits per heavy atom. The Balaban J connectivity index is 2.09. The van der Waals surface area contributed by atoms with Gasteiger partial charge in [0.1, 0.15) is 0 Å². The first-order valence-corrected chi connectivity index (χ1v) is 6.74. The molecule has 0 aromatic rings. The minimum atomic E-state index is -0.185. The average Bonchev–Trinajstić information content (AvgIpc) is 2.32. The monoisotopic (exact) mass is 229 g/mol. The van der Waals surface area contributed by atoms with Gasteiger partial charge in [-0.05, 0) is 31.2 Å². The van der Waals surface area contributed by atoms with E-state index in [0.717, 1.165) is 57.9 Å². The molecule has 1 atom stereocenters. The maximum absolute atomic E-state index is 9.95. The molecule has 1 aliphatic rings. The second kappa shape index (κ2) is 8.04. The fourth-order valence-corrected chi connectivity index (χ4v) is 2.39. The van der Waals surface area contributed by atoms with Crippen molar-refractivity contribution in [3.05, 3.63) is 0 Å². The van der Waals surface area contributed by atoms with Gasteiger partial charge in [0.05, 0.1) is 6.10 Å². The second-order valence-corrected chi connectivity index (χ2v) is 4.86. The summed E-state index contributed by atoms with van der Waals surface area (Å²) in [4.78, 5) is 0. The van der Waals surface area contributed by atoms with Gasteiger partial charge in [0.25, 0.3) is 0 Å². The topological polar surface area (TPSA) is 41.5 Å². The summed E-state index contributed by atoms with van der Waals surface area (Å²) in [5.74, 6) is 1.19. The smallest absolute Gasteiger partial charge is 0.0692 e. The molecule has 2 N–H and O–H groups in total. The molecule has 0 amide bonds. The summed E-state index contributed by atoms with van der Waals surface area (Å²) in [7, 11) is 0. The Hall–Kier alpha value is -0.120. The van der Waals surface area contributed by atoms with Gasteiger partial charge in [-0.3, -0.25) is 0 Å². The molecule has 3 nitrogen and oxygen atoms in total. The van der Waals surface area contributed by atoms with Crippen molar-refractivity contribution in [1.29, 1.82) is 0 Å². The Labute approximate surface area is 99.6 Å². The van der Waals surface area contributed by atoms with Gasteiger partial charge >= 0.3 is 0 Å². The minimum Gasteiger partial charge on any atom is -0.392 e. The van der Waals surface area contributed by atoms with Crippen molar-refractivity contribution < 1.29 is 9.84 Å². The summed E-state index contributed by atoms with van der Waals surface area (Å²) in [6.45, 7) is 7.87. The number of nitrogens with one attached hydrogen (secondary N) is 1. The van der Waals surface area contributed by atoms with Crippen LogP contribution in [-0.4, -0.2) is 37.5 Å². The molecule has 16 heavy (non-hydrogen) atoms.